The Balaban J connectivity index is 2.23. The van der Waals surface area contributed by atoms with E-state index >= 15 is 0 Å². The Labute approximate surface area is 216 Å². The fourth-order valence-electron chi connectivity index (χ4n) is 3.95. The highest BCUT2D eigenvalue weighted by atomic mass is 16.5. The number of unbranched alkanes of at least 4 members (excludes halogenated alkanes) is 1. The minimum absolute atomic E-state index is 0.0678. The molecule has 0 amide bonds. The summed E-state index contributed by atoms with van der Waals surface area (Å²) in [6, 6.07) is 12.5. The first kappa shape index (κ1) is 29.4. The molecule has 2 rings (SSSR count). The molecule has 0 fully saturated rings. The molecule has 36 heavy (non-hydrogen) atoms. The topological polar surface area (TPSA) is 87.0 Å². The van der Waals surface area contributed by atoms with Gasteiger partial charge in [0.1, 0.15) is 18.5 Å². The first-order valence-electron chi connectivity index (χ1n) is 12.9. The molecule has 0 aliphatic carbocycles. The van der Waals surface area contributed by atoms with Gasteiger partial charge in [0, 0.05) is 17.9 Å². The number of carboxylic acids is 1. The van der Waals surface area contributed by atoms with E-state index in [1.807, 2.05) is 33.8 Å². The largest absolute Gasteiger partial charge is 0.491 e. The quantitative estimate of drug-likeness (QED) is 0.334. The summed E-state index contributed by atoms with van der Waals surface area (Å²) in [5.74, 6) is 6.15. The second-order valence-corrected chi connectivity index (χ2v) is 10.7. The highest BCUT2D eigenvalue weighted by Gasteiger charge is 2.20. The van der Waals surface area contributed by atoms with Crippen molar-refractivity contribution < 1.29 is 24.9 Å². The van der Waals surface area contributed by atoms with E-state index < -0.39 is 18.2 Å². The Morgan fingerprint density at radius 1 is 1.00 bits per heavy atom. The number of hydrogen-bond donors (Lipinski definition) is 3. The molecule has 0 spiro atoms. The van der Waals surface area contributed by atoms with Crippen LogP contribution in [0.2, 0.25) is 0 Å². The summed E-state index contributed by atoms with van der Waals surface area (Å²) in [5, 5.41) is 29.0. The molecule has 5 heteroatoms. The van der Waals surface area contributed by atoms with Gasteiger partial charge in [0.25, 0.3) is 0 Å². The maximum absolute atomic E-state index is 10.7. The van der Waals surface area contributed by atoms with Gasteiger partial charge in [-0.2, -0.15) is 0 Å². The van der Waals surface area contributed by atoms with Gasteiger partial charge in [0.05, 0.1) is 6.10 Å². The van der Waals surface area contributed by atoms with Crippen molar-refractivity contribution in [3.8, 4) is 17.6 Å². The Kier molecular flexibility index (Phi) is 11.0. The number of aliphatic hydroxyl groups excluding tert-OH is 2. The van der Waals surface area contributed by atoms with E-state index in [1.54, 1.807) is 0 Å². The van der Waals surface area contributed by atoms with E-state index in [9.17, 15) is 15.0 Å². The van der Waals surface area contributed by atoms with Crippen molar-refractivity contribution in [2.24, 2.45) is 5.41 Å². The lowest BCUT2D eigenvalue weighted by molar-refractivity contribution is -0.137. The fraction of sp³-hybridized carbons (Fsp3) is 0.516. The number of benzene rings is 2. The predicted octanol–water partition coefficient (Wildman–Crippen LogP) is 5.99. The van der Waals surface area contributed by atoms with Crippen LogP contribution in [0.15, 0.2) is 36.4 Å². The van der Waals surface area contributed by atoms with Crippen molar-refractivity contribution in [3.63, 3.8) is 0 Å². The molecule has 0 aromatic heterocycles. The number of aliphatic carboxylic acids is 1. The lowest BCUT2D eigenvalue weighted by Crippen LogP contribution is -2.23. The van der Waals surface area contributed by atoms with Gasteiger partial charge in [-0.15, -0.1) is 0 Å². The molecule has 3 N–H and O–H groups in total. The van der Waals surface area contributed by atoms with Crippen molar-refractivity contribution in [2.45, 2.75) is 91.8 Å². The highest BCUT2D eigenvalue weighted by molar-refractivity contribution is 5.66. The SMILES string of the molecule is CCCCC(c1ccc(C#CC(O)C(C)(C)C)c(C)c1)c1ccc(OC[C@@H](O)CCC(=O)O)c(C)c1. The molecular weight excluding hydrogens is 452 g/mol. The summed E-state index contributed by atoms with van der Waals surface area (Å²) in [6.07, 6.45) is 1.83. The number of carboxylic acid groups (broad SMARTS) is 1. The summed E-state index contributed by atoms with van der Waals surface area (Å²) in [5.41, 5.74) is 5.17. The Bertz CT molecular complexity index is 1070. The summed E-state index contributed by atoms with van der Waals surface area (Å²) in [6.45, 7) is 12.2. The van der Waals surface area contributed by atoms with E-state index in [0.29, 0.717) is 5.75 Å². The minimum atomic E-state index is -0.925. The van der Waals surface area contributed by atoms with Gasteiger partial charge in [-0.25, -0.2) is 0 Å². The van der Waals surface area contributed by atoms with Crippen molar-refractivity contribution in [1.29, 1.82) is 0 Å². The van der Waals surface area contributed by atoms with Gasteiger partial charge in [-0.05, 0) is 66.5 Å². The molecule has 2 aromatic rings. The van der Waals surface area contributed by atoms with Gasteiger partial charge in [0.15, 0.2) is 0 Å². The molecule has 3 atom stereocenters. The van der Waals surface area contributed by atoms with Gasteiger partial charge in [-0.3, -0.25) is 4.79 Å². The van der Waals surface area contributed by atoms with Crippen LogP contribution in [-0.2, 0) is 4.79 Å². The van der Waals surface area contributed by atoms with Gasteiger partial charge < -0.3 is 20.1 Å². The summed E-state index contributed by atoms with van der Waals surface area (Å²) in [4.78, 5) is 10.7. The van der Waals surface area contributed by atoms with Gasteiger partial charge >= 0.3 is 5.97 Å². The Morgan fingerprint density at radius 3 is 2.19 bits per heavy atom. The van der Waals surface area contributed by atoms with Crippen molar-refractivity contribution in [1.82, 2.24) is 0 Å². The number of ether oxygens (including phenoxy) is 1. The smallest absolute Gasteiger partial charge is 0.303 e. The molecule has 0 radical (unpaired) electrons. The van der Waals surface area contributed by atoms with Gasteiger partial charge in [0.2, 0.25) is 0 Å². The van der Waals surface area contributed by atoms with Crippen LogP contribution < -0.4 is 4.74 Å². The van der Waals surface area contributed by atoms with E-state index in [4.69, 9.17) is 9.84 Å². The number of rotatable bonds is 11. The second-order valence-electron chi connectivity index (χ2n) is 10.7. The average Bonchev–Trinajstić information content (AvgIpc) is 2.81. The van der Waals surface area contributed by atoms with Crippen molar-refractivity contribution in [3.05, 3.63) is 64.2 Å². The summed E-state index contributed by atoms with van der Waals surface area (Å²) >= 11 is 0. The first-order valence-corrected chi connectivity index (χ1v) is 12.9. The van der Waals surface area contributed by atoms with Crippen LogP contribution in [0.4, 0.5) is 0 Å². The third kappa shape index (κ3) is 9.00. The van der Waals surface area contributed by atoms with Crippen LogP contribution in [-0.4, -0.2) is 40.1 Å². The third-order valence-corrected chi connectivity index (χ3v) is 6.39. The Morgan fingerprint density at radius 2 is 1.64 bits per heavy atom. The van der Waals surface area contributed by atoms with Crippen LogP contribution in [0.1, 0.15) is 93.5 Å². The maximum Gasteiger partial charge on any atom is 0.303 e. The fourth-order valence-corrected chi connectivity index (χ4v) is 3.95. The molecule has 0 saturated carbocycles. The van der Waals surface area contributed by atoms with Crippen molar-refractivity contribution >= 4 is 5.97 Å². The van der Waals surface area contributed by atoms with E-state index in [1.165, 1.54) is 11.1 Å². The average molecular weight is 495 g/mol. The standard InChI is InChI=1S/C31H42O5/c1-7-8-9-27(24-11-10-23(21(2)18-24)13-16-29(33)31(4,5)6)25-12-15-28(22(3)19-25)36-20-26(32)14-17-30(34)35/h10-12,15,18-19,26-27,29,32-33H,7-9,14,17,20H2,1-6H3,(H,34,35)/t26-,27?,29?/m0/s1. The number of hydrogen-bond acceptors (Lipinski definition) is 4. The molecule has 0 aliphatic rings. The van der Waals surface area contributed by atoms with E-state index in [0.717, 1.165) is 36.0 Å². The third-order valence-electron chi connectivity index (χ3n) is 6.39. The molecule has 0 bridgehead atoms. The van der Waals surface area contributed by atoms with Crippen molar-refractivity contribution in [2.75, 3.05) is 6.61 Å². The van der Waals surface area contributed by atoms with E-state index in [2.05, 4.69) is 56.0 Å². The normalized spacial score (nSPS) is 13.9. The predicted molar refractivity (Wildman–Crippen MR) is 144 cm³/mol. The van der Waals surface area contributed by atoms with Gasteiger partial charge in [-0.1, -0.05) is 76.6 Å². The van der Waals surface area contributed by atoms with Crippen LogP contribution in [0.3, 0.4) is 0 Å². The zero-order valence-electron chi connectivity index (χ0n) is 22.6. The lowest BCUT2D eigenvalue weighted by atomic mass is 9.85. The summed E-state index contributed by atoms with van der Waals surface area (Å²) < 4.78 is 5.78. The molecule has 0 saturated heterocycles. The number of aliphatic hydroxyl groups is 2. The molecular formula is C31H42O5. The number of carbonyl (C=O) groups is 1. The zero-order chi connectivity index (χ0) is 26.9. The first-order chi connectivity index (χ1) is 16.9. The second kappa shape index (κ2) is 13.5. The van der Waals surface area contributed by atoms with Crippen LogP contribution in [0.25, 0.3) is 0 Å². The zero-order valence-corrected chi connectivity index (χ0v) is 22.6. The van der Waals surface area contributed by atoms with Crippen LogP contribution in [0.5, 0.6) is 5.75 Å². The Hall–Kier alpha value is -2.81. The van der Waals surface area contributed by atoms with Crippen LogP contribution in [0, 0.1) is 31.1 Å². The molecule has 0 aliphatic heterocycles. The lowest BCUT2D eigenvalue weighted by Gasteiger charge is -2.21. The van der Waals surface area contributed by atoms with Crippen LogP contribution >= 0.6 is 0 Å². The highest BCUT2D eigenvalue weighted by Crippen LogP contribution is 2.33. The molecule has 5 nitrogen and oxygen atoms in total. The minimum Gasteiger partial charge on any atom is -0.491 e. The monoisotopic (exact) mass is 494 g/mol. The molecule has 0 heterocycles. The molecule has 196 valence electrons. The molecule has 2 aromatic carbocycles. The summed E-state index contributed by atoms with van der Waals surface area (Å²) in [7, 11) is 0. The maximum atomic E-state index is 10.7. The number of aryl methyl sites for hydroxylation is 2. The molecule has 2 unspecified atom stereocenters. The van der Waals surface area contributed by atoms with E-state index in [-0.39, 0.29) is 30.8 Å².